The maximum Gasteiger partial charge on any atom is 0.401 e. The molecule has 0 aliphatic carbocycles. The number of alkyl halides is 3. The van der Waals surface area contributed by atoms with E-state index >= 15 is 0 Å². The van der Waals surface area contributed by atoms with Crippen LogP contribution in [-0.2, 0) is 6.54 Å². The lowest BCUT2D eigenvalue weighted by Crippen LogP contribution is -2.35. The SMILES string of the molecule is CN(C)c1nc(CN(CCCO)CC(F)(F)F)ns1. The van der Waals surface area contributed by atoms with Crippen molar-refractivity contribution in [2.75, 3.05) is 38.7 Å². The fourth-order valence-corrected chi connectivity index (χ4v) is 2.05. The Morgan fingerprint density at radius 3 is 2.47 bits per heavy atom. The molecule has 1 rings (SSSR count). The van der Waals surface area contributed by atoms with Crippen LogP contribution in [0, 0.1) is 0 Å². The first-order valence-corrected chi connectivity index (χ1v) is 6.49. The van der Waals surface area contributed by atoms with Crippen LogP contribution in [0.4, 0.5) is 18.3 Å². The molecule has 1 heterocycles. The Morgan fingerprint density at radius 2 is 2.00 bits per heavy atom. The third kappa shape index (κ3) is 6.17. The van der Waals surface area contributed by atoms with E-state index in [4.69, 9.17) is 5.11 Å². The Balaban J connectivity index is 2.64. The van der Waals surface area contributed by atoms with Crippen LogP contribution in [0.3, 0.4) is 0 Å². The van der Waals surface area contributed by atoms with Crippen LogP contribution in [0.15, 0.2) is 0 Å². The molecule has 0 spiro atoms. The zero-order valence-electron chi connectivity index (χ0n) is 10.8. The molecule has 19 heavy (non-hydrogen) atoms. The van der Waals surface area contributed by atoms with E-state index in [1.807, 2.05) is 0 Å². The van der Waals surface area contributed by atoms with Gasteiger partial charge in [0.05, 0.1) is 13.1 Å². The van der Waals surface area contributed by atoms with Crippen molar-refractivity contribution in [3.63, 3.8) is 0 Å². The van der Waals surface area contributed by atoms with Crippen molar-refractivity contribution >= 4 is 16.7 Å². The number of aromatic nitrogens is 2. The Morgan fingerprint density at radius 1 is 1.32 bits per heavy atom. The van der Waals surface area contributed by atoms with Crippen molar-refractivity contribution in [2.45, 2.75) is 19.1 Å². The van der Waals surface area contributed by atoms with Crippen LogP contribution in [0.25, 0.3) is 0 Å². The monoisotopic (exact) mass is 298 g/mol. The molecule has 9 heteroatoms. The Labute approximate surface area is 113 Å². The van der Waals surface area contributed by atoms with E-state index in [0.29, 0.717) is 17.4 Å². The number of halogens is 3. The summed E-state index contributed by atoms with van der Waals surface area (Å²) in [6.07, 6.45) is -3.98. The van der Waals surface area contributed by atoms with Crippen LogP contribution >= 0.6 is 11.5 Å². The van der Waals surface area contributed by atoms with Gasteiger partial charge in [0.25, 0.3) is 0 Å². The first-order valence-electron chi connectivity index (χ1n) is 5.71. The van der Waals surface area contributed by atoms with Crippen molar-refractivity contribution in [3.05, 3.63) is 5.82 Å². The normalized spacial score (nSPS) is 12.2. The van der Waals surface area contributed by atoms with E-state index in [9.17, 15) is 13.2 Å². The summed E-state index contributed by atoms with van der Waals surface area (Å²) in [6, 6.07) is 0. The lowest BCUT2D eigenvalue weighted by atomic mass is 10.3. The smallest absolute Gasteiger partial charge is 0.396 e. The van der Waals surface area contributed by atoms with Crippen molar-refractivity contribution in [1.29, 1.82) is 0 Å². The minimum atomic E-state index is -4.27. The molecule has 0 aromatic carbocycles. The molecule has 1 aromatic rings. The minimum absolute atomic E-state index is 0.0316. The largest absolute Gasteiger partial charge is 0.401 e. The predicted octanol–water partition coefficient (Wildman–Crippen LogP) is 1.35. The highest BCUT2D eigenvalue weighted by atomic mass is 32.1. The van der Waals surface area contributed by atoms with Gasteiger partial charge in [-0.3, -0.25) is 4.90 Å². The van der Waals surface area contributed by atoms with Crippen LogP contribution in [0.2, 0.25) is 0 Å². The van der Waals surface area contributed by atoms with E-state index in [-0.39, 0.29) is 19.7 Å². The van der Waals surface area contributed by atoms with Crippen molar-refractivity contribution in [1.82, 2.24) is 14.3 Å². The van der Waals surface area contributed by atoms with Gasteiger partial charge in [0.15, 0.2) is 5.82 Å². The maximum atomic E-state index is 12.4. The summed E-state index contributed by atoms with van der Waals surface area (Å²) in [5.74, 6) is 0.371. The van der Waals surface area contributed by atoms with E-state index in [2.05, 4.69) is 9.36 Å². The third-order valence-electron chi connectivity index (χ3n) is 2.24. The molecule has 0 unspecified atom stereocenters. The van der Waals surface area contributed by atoms with Gasteiger partial charge in [0, 0.05) is 38.8 Å². The second-order valence-corrected chi connectivity index (χ2v) is 5.02. The molecule has 0 fully saturated rings. The molecule has 0 saturated heterocycles. The molecule has 0 saturated carbocycles. The van der Waals surface area contributed by atoms with Gasteiger partial charge in [0.2, 0.25) is 5.13 Å². The summed E-state index contributed by atoms with van der Waals surface area (Å²) in [7, 11) is 3.59. The van der Waals surface area contributed by atoms with Gasteiger partial charge in [-0.1, -0.05) is 0 Å². The van der Waals surface area contributed by atoms with E-state index in [1.54, 1.807) is 19.0 Å². The summed E-state index contributed by atoms with van der Waals surface area (Å²) in [5.41, 5.74) is 0. The fourth-order valence-electron chi connectivity index (χ4n) is 1.45. The average Bonchev–Trinajstić information content (AvgIpc) is 2.72. The highest BCUT2D eigenvalue weighted by molar-refractivity contribution is 7.09. The van der Waals surface area contributed by atoms with Gasteiger partial charge >= 0.3 is 6.18 Å². The van der Waals surface area contributed by atoms with E-state index in [1.165, 1.54) is 4.90 Å². The molecule has 0 radical (unpaired) electrons. The Bertz CT molecular complexity index is 383. The molecule has 0 aliphatic heterocycles. The molecule has 110 valence electrons. The number of nitrogens with zero attached hydrogens (tertiary/aromatic N) is 4. The average molecular weight is 298 g/mol. The van der Waals surface area contributed by atoms with Gasteiger partial charge in [-0.05, 0) is 6.42 Å². The number of rotatable bonds is 7. The topological polar surface area (TPSA) is 52.5 Å². The van der Waals surface area contributed by atoms with Gasteiger partial charge in [-0.2, -0.15) is 17.5 Å². The second kappa shape index (κ2) is 7.01. The molecule has 1 N–H and O–H groups in total. The molecular weight excluding hydrogens is 281 g/mol. The Hall–Kier alpha value is -0.930. The van der Waals surface area contributed by atoms with Gasteiger partial charge < -0.3 is 10.0 Å². The molecule has 1 aromatic heterocycles. The second-order valence-electron chi connectivity index (χ2n) is 4.29. The number of hydrogen-bond donors (Lipinski definition) is 1. The first kappa shape index (κ1) is 16.1. The summed E-state index contributed by atoms with van der Waals surface area (Å²) in [6.45, 7) is -0.971. The highest BCUT2D eigenvalue weighted by Crippen LogP contribution is 2.19. The molecule has 5 nitrogen and oxygen atoms in total. The summed E-state index contributed by atoms with van der Waals surface area (Å²) < 4.78 is 41.3. The number of aliphatic hydroxyl groups is 1. The number of aliphatic hydroxyl groups excluding tert-OH is 1. The molecule has 0 aliphatic rings. The van der Waals surface area contributed by atoms with Gasteiger partial charge in [0.1, 0.15) is 0 Å². The zero-order chi connectivity index (χ0) is 14.5. The van der Waals surface area contributed by atoms with Crippen LogP contribution in [0.5, 0.6) is 0 Å². The number of anilines is 1. The quantitative estimate of drug-likeness (QED) is 0.823. The fraction of sp³-hybridized carbons (Fsp3) is 0.800. The highest BCUT2D eigenvalue weighted by Gasteiger charge is 2.31. The molecule has 0 bridgehead atoms. The summed E-state index contributed by atoms with van der Waals surface area (Å²) in [5, 5.41) is 9.37. The van der Waals surface area contributed by atoms with E-state index < -0.39 is 12.7 Å². The van der Waals surface area contributed by atoms with Gasteiger partial charge in [-0.25, -0.2) is 4.98 Å². The molecule has 0 atom stereocenters. The lowest BCUT2D eigenvalue weighted by molar-refractivity contribution is -0.147. The van der Waals surface area contributed by atoms with Crippen LogP contribution in [-0.4, -0.2) is 59.3 Å². The minimum Gasteiger partial charge on any atom is -0.396 e. The van der Waals surface area contributed by atoms with Crippen molar-refractivity contribution in [3.8, 4) is 0 Å². The third-order valence-corrected chi connectivity index (χ3v) is 3.16. The Kier molecular flexibility index (Phi) is 5.95. The van der Waals surface area contributed by atoms with Crippen LogP contribution < -0.4 is 4.90 Å². The van der Waals surface area contributed by atoms with Crippen molar-refractivity contribution in [2.24, 2.45) is 0 Å². The number of hydrogen-bond acceptors (Lipinski definition) is 6. The molecular formula is C10H17F3N4OS. The maximum absolute atomic E-state index is 12.4. The standard InChI is InChI=1S/C10H17F3N4OS/c1-16(2)9-14-8(15-19-9)6-17(4-3-5-18)7-10(11,12)13/h18H,3-7H2,1-2H3. The lowest BCUT2D eigenvalue weighted by Gasteiger charge is -2.21. The van der Waals surface area contributed by atoms with E-state index in [0.717, 1.165) is 11.5 Å². The van der Waals surface area contributed by atoms with Crippen LogP contribution in [0.1, 0.15) is 12.2 Å². The first-order chi connectivity index (χ1) is 8.81. The van der Waals surface area contributed by atoms with Gasteiger partial charge in [-0.15, -0.1) is 0 Å². The molecule has 0 amide bonds. The predicted molar refractivity (Wildman–Crippen MR) is 67.3 cm³/mol. The summed E-state index contributed by atoms with van der Waals surface area (Å²) >= 11 is 1.15. The summed E-state index contributed by atoms with van der Waals surface area (Å²) in [4.78, 5) is 7.09. The van der Waals surface area contributed by atoms with Crippen molar-refractivity contribution < 1.29 is 18.3 Å². The zero-order valence-corrected chi connectivity index (χ0v) is 11.6.